The summed E-state index contributed by atoms with van der Waals surface area (Å²) in [4.78, 5) is 28.6. The fraction of sp³-hybridized carbons (Fsp3) is 0.556. The van der Waals surface area contributed by atoms with Gasteiger partial charge < -0.3 is 15.5 Å². The third-order valence-electron chi connectivity index (χ3n) is 4.83. The highest BCUT2D eigenvalue weighted by Crippen LogP contribution is 2.15. The first kappa shape index (κ1) is 17.8. The molecule has 2 saturated heterocycles. The van der Waals surface area contributed by atoms with Crippen molar-refractivity contribution in [3.05, 3.63) is 30.1 Å². The molecule has 0 aromatic heterocycles. The van der Waals surface area contributed by atoms with Gasteiger partial charge in [-0.3, -0.25) is 14.5 Å². The van der Waals surface area contributed by atoms with Gasteiger partial charge in [0.1, 0.15) is 5.82 Å². The summed E-state index contributed by atoms with van der Waals surface area (Å²) in [6.45, 7) is 4.79. The number of rotatable bonds is 4. The molecule has 1 unspecified atom stereocenters. The molecule has 6 nitrogen and oxygen atoms in total. The first-order chi connectivity index (χ1) is 12.1. The molecule has 0 saturated carbocycles. The Morgan fingerprint density at radius 1 is 1.16 bits per heavy atom. The van der Waals surface area contributed by atoms with Gasteiger partial charge in [0.2, 0.25) is 11.8 Å². The maximum absolute atomic E-state index is 12.9. The summed E-state index contributed by atoms with van der Waals surface area (Å²) in [6, 6.07) is 5.73. The minimum Gasteiger partial charge on any atom is -0.340 e. The number of piperidine rings is 1. The fourth-order valence-electron chi connectivity index (χ4n) is 3.38. The quantitative estimate of drug-likeness (QED) is 0.849. The largest absolute Gasteiger partial charge is 0.340 e. The smallest absolute Gasteiger partial charge is 0.238 e. The topological polar surface area (TPSA) is 64.7 Å². The molecule has 2 N–H and O–H groups in total. The van der Waals surface area contributed by atoms with Gasteiger partial charge in [0.15, 0.2) is 0 Å². The van der Waals surface area contributed by atoms with Crippen molar-refractivity contribution >= 4 is 17.5 Å². The zero-order chi connectivity index (χ0) is 17.6. The van der Waals surface area contributed by atoms with E-state index in [0.29, 0.717) is 31.9 Å². The highest BCUT2D eigenvalue weighted by molar-refractivity contribution is 5.92. The van der Waals surface area contributed by atoms with Crippen LogP contribution in [0, 0.1) is 11.7 Å². The second-order valence-corrected chi connectivity index (χ2v) is 6.70. The van der Waals surface area contributed by atoms with Gasteiger partial charge in [-0.2, -0.15) is 0 Å². The normalized spacial score (nSPS) is 21.8. The van der Waals surface area contributed by atoms with Crippen molar-refractivity contribution in [3.8, 4) is 0 Å². The highest BCUT2D eigenvalue weighted by atomic mass is 19.1. The number of anilines is 1. The predicted molar refractivity (Wildman–Crippen MR) is 93.6 cm³/mol. The van der Waals surface area contributed by atoms with Gasteiger partial charge in [0, 0.05) is 38.4 Å². The van der Waals surface area contributed by atoms with Crippen molar-refractivity contribution in [1.82, 2.24) is 15.1 Å². The van der Waals surface area contributed by atoms with E-state index < -0.39 is 0 Å². The number of hydrogen-bond acceptors (Lipinski definition) is 4. The molecule has 25 heavy (non-hydrogen) atoms. The fourth-order valence-corrected chi connectivity index (χ4v) is 3.38. The second-order valence-electron chi connectivity index (χ2n) is 6.70. The van der Waals surface area contributed by atoms with Crippen LogP contribution in [0.5, 0.6) is 0 Å². The van der Waals surface area contributed by atoms with Crippen LogP contribution in [-0.2, 0) is 9.59 Å². The van der Waals surface area contributed by atoms with E-state index in [1.165, 1.54) is 12.1 Å². The van der Waals surface area contributed by atoms with Crippen LogP contribution in [0.25, 0.3) is 0 Å². The number of halogens is 1. The Hall–Kier alpha value is -1.99. The molecule has 0 spiro atoms. The van der Waals surface area contributed by atoms with Gasteiger partial charge in [-0.05, 0) is 43.7 Å². The number of nitrogens with zero attached hydrogens (tertiary/aromatic N) is 2. The molecule has 0 aliphatic carbocycles. The number of amides is 2. The van der Waals surface area contributed by atoms with E-state index in [2.05, 4.69) is 10.6 Å². The van der Waals surface area contributed by atoms with E-state index in [1.807, 2.05) is 9.80 Å². The minimum atomic E-state index is -0.327. The molecule has 2 fully saturated rings. The first-order valence-electron chi connectivity index (χ1n) is 8.89. The molecule has 1 atom stereocenters. The van der Waals surface area contributed by atoms with Crippen molar-refractivity contribution < 1.29 is 14.0 Å². The van der Waals surface area contributed by atoms with E-state index in [4.69, 9.17) is 0 Å². The van der Waals surface area contributed by atoms with Gasteiger partial charge in [-0.1, -0.05) is 0 Å². The van der Waals surface area contributed by atoms with Gasteiger partial charge in [-0.15, -0.1) is 0 Å². The van der Waals surface area contributed by atoms with Crippen LogP contribution in [0.3, 0.4) is 0 Å². The number of nitrogens with one attached hydrogen (secondary N) is 2. The Labute approximate surface area is 147 Å². The first-order valence-corrected chi connectivity index (χ1v) is 8.89. The summed E-state index contributed by atoms with van der Waals surface area (Å²) >= 11 is 0. The Balaban J connectivity index is 1.41. The lowest BCUT2D eigenvalue weighted by Crippen LogP contribution is -2.53. The lowest BCUT2D eigenvalue weighted by atomic mass is 9.98. The van der Waals surface area contributed by atoms with Gasteiger partial charge in [0.25, 0.3) is 0 Å². The minimum absolute atomic E-state index is 0.0991. The zero-order valence-electron chi connectivity index (χ0n) is 14.3. The second kappa shape index (κ2) is 8.40. The third kappa shape index (κ3) is 4.99. The van der Waals surface area contributed by atoms with Crippen LogP contribution in [0.1, 0.15) is 12.8 Å². The maximum Gasteiger partial charge on any atom is 0.238 e. The van der Waals surface area contributed by atoms with Crippen LogP contribution in [0.2, 0.25) is 0 Å². The number of hydrogen-bond donors (Lipinski definition) is 2. The zero-order valence-corrected chi connectivity index (χ0v) is 14.3. The standard InChI is InChI=1S/C18H25FN4O2/c19-15-3-5-16(6-4-15)21-17(24)13-22-8-10-23(11-9-22)18(25)14-2-1-7-20-12-14/h3-6,14,20H,1-2,7-13H2,(H,21,24). The molecule has 2 aliphatic rings. The summed E-state index contributed by atoms with van der Waals surface area (Å²) in [5.41, 5.74) is 0.588. The van der Waals surface area contributed by atoms with Crippen molar-refractivity contribution in [3.63, 3.8) is 0 Å². The van der Waals surface area contributed by atoms with Crippen LogP contribution in [-0.4, -0.2) is 67.4 Å². The number of carbonyl (C=O) groups is 2. The molecule has 136 valence electrons. The third-order valence-corrected chi connectivity index (χ3v) is 4.83. The lowest BCUT2D eigenvalue weighted by molar-refractivity contribution is -0.137. The number of benzene rings is 1. The van der Waals surface area contributed by atoms with Crippen LogP contribution in [0.15, 0.2) is 24.3 Å². The Morgan fingerprint density at radius 3 is 2.52 bits per heavy atom. The summed E-state index contributed by atoms with van der Waals surface area (Å²) in [7, 11) is 0. The molecule has 1 aromatic rings. The molecule has 1 aromatic carbocycles. The van der Waals surface area contributed by atoms with E-state index in [9.17, 15) is 14.0 Å². The Morgan fingerprint density at radius 2 is 1.88 bits per heavy atom. The van der Waals surface area contributed by atoms with Crippen LogP contribution in [0.4, 0.5) is 10.1 Å². The molecule has 0 bridgehead atoms. The van der Waals surface area contributed by atoms with E-state index in [1.54, 1.807) is 12.1 Å². The summed E-state index contributed by atoms with van der Waals surface area (Å²) in [5, 5.41) is 6.05. The number of piperazine rings is 1. The summed E-state index contributed by atoms with van der Waals surface area (Å²) < 4.78 is 12.9. The molecule has 2 amide bonds. The van der Waals surface area contributed by atoms with E-state index >= 15 is 0 Å². The van der Waals surface area contributed by atoms with E-state index in [0.717, 1.165) is 25.9 Å². The lowest BCUT2D eigenvalue weighted by Gasteiger charge is -2.36. The Kier molecular flexibility index (Phi) is 5.99. The molecule has 0 radical (unpaired) electrons. The summed E-state index contributed by atoms with van der Waals surface area (Å²) in [6.07, 6.45) is 2.02. The summed E-state index contributed by atoms with van der Waals surface area (Å²) in [5.74, 6) is -0.112. The Bertz CT molecular complexity index is 594. The molecular formula is C18H25FN4O2. The van der Waals surface area contributed by atoms with Crippen molar-refractivity contribution in [2.45, 2.75) is 12.8 Å². The highest BCUT2D eigenvalue weighted by Gasteiger charge is 2.28. The monoisotopic (exact) mass is 348 g/mol. The average Bonchev–Trinajstić information content (AvgIpc) is 2.64. The van der Waals surface area contributed by atoms with Gasteiger partial charge >= 0.3 is 0 Å². The number of carbonyl (C=O) groups excluding carboxylic acids is 2. The molecule has 2 aliphatic heterocycles. The molecule has 7 heteroatoms. The SMILES string of the molecule is O=C(CN1CCN(C(=O)C2CCCNC2)CC1)Nc1ccc(F)cc1. The maximum atomic E-state index is 12.9. The molecule has 3 rings (SSSR count). The van der Waals surface area contributed by atoms with Crippen LogP contribution >= 0.6 is 0 Å². The average molecular weight is 348 g/mol. The van der Waals surface area contributed by atoms with Crippen molar-refractivity contribution in [2.24, 2.45) is 5.92 Å². The predicted octanol–water partition coefficient (Wildman–Crippen LogP) is 0.908. The van der Waals surface area contributed by atoms with Crippen molar-refractivity contribution in [2.75, 3.05) is 51.1 Å². The van der Waals surface area contributed by atoms with Gasteiger partial charge in [0.05, 0.1) is 12.5 Å². The molecular weight excluding hydrogens is 323 g/mol. The van der Waals surface area contributed by atoms with Crippen LogP contribution < -0.4 is 10.6 Å². The van der Waals surface area contributed by atoms with Gasteiger partial charge in [-0.25, -0.2) is 4.39 Å². The molecule has 2 heterocycles. The van der Waals surface area contributed by atoms with E-state index in [-0.39, 0.29) is 30.1 Å². The van der Waals surface area contributed by atoms with Crippen molar-refractivity contribution in [1.29, 1.82) is 0 Å².